The molecule has 0 fully saturated rings. The van der Waals surface area contributed by atoms with Crippen molar-refractivity contribution in [2.45, 2.75) is 219 Å². The van der Waals surface area contributed by atoms with Crippen LogP contribution in [0.4, 0.5) is 5.69 Å². The molecule has 0 bridgehead atoms. The number of ether oxygens (including phenoxy) is 2. The molecule has 0 aliphatic heterocycles. The first-order chi connectivity index (χ1) is 25.2. The van der Waals surface area contributed by atoms with Crippen molar-refractivity contribution in [3.63, 3.8) is 0 Å². The molecule has 51 heavy (non-hydrogen) atoms. The lowest BCUT2D eigenvalue weighted by atomic mass is 10.0. The quantitative estimate of drug-likeness (QED) is 0.0394. The van der Waals surface area contributed by atoms with Gasteiger partial charge in [0.1, 0.15) is 0 Å². The normalized spacial score (nSPS) is 11.4. The van der Waals surface area contributed by atoms with Crippen molar-refractivity contribution in [1.29, 1.82) is 0 Å². The third-order valence-corrected chi connectivity index (χ3v) is 10.3. The van der Waals surface area contributed by atoms with Crippen molar-refractivity contribution in [2.75, 3.05) is 13.2 Å². The molecule has 1 aromatic carbocycles. The van der Waals surface area contributed by atoms with Crippen molar-refractivity contribution < 1.29 is 14.4 Å². The van der Waals surface area contributed by atoms with Crippen LogP contribution in [0.15, 0.2) is 18.2 Å². The summed E-state index contributed by atoms with van der Waals surface area (Å²) in [7, 11) is 0. The highest BCUT2D eigenvalue weighted by Crippen LogP contribution is 2.28. The van der Waals surface area contributed by atoms with Gasteiger partial charge in [0.15, 0.2) is 0 Å². The van der Waals surface area contributed by atoms with Crippen LogP contribution < -0.4 is 9.47 Å². The predicted molar refractivity (Wildman–Crippen MR) is 216 cm³/mol. The monoisotopic (exact) mass is 712 g/mol. The molecule has 0 N–H and O–H groups in total. The van der Waals surface area contributed by atoms with Crippen LogP contribution in [-0.4, -0.2) is 28.1 Å². The number of aromatic nitrogens is 2. The maximum absolute atomic E-state index is 11.3. The molecular weight excluding hydrogens is 635 g/mol. The highest BCUT2D eigenvalue weighted by atomic mass is 16.6. The Balaban J connectivity index is 1.57. The van der Waals surface area contributed by atoms with Gasteiger partial charge in [-0.25, -0.2) is 9.97 Å². The molecule has 0 saturated carbocycles. The fourth-order valence-corrected chi connectivity index (χ4v) is 6.95. The molecule has 2 aromatic rings. The zero-order valence-electron chi connectivity index (χ0n) is 33.2. The second-order valence-electron chi connectivity index (χ2n) is 15.1. The number of nitro benzene ring substituents is 1. The molecule has 0 amide bonds. The number of hydrogen-bond donors (Lipinski definition) is 0. The molecule has 0 saturated heterocycles. The largest absolute Gasteiger partial charge is 0.474 e. The Morgan fingerprint density at radius 1 is 0.451 bits per heavy atom. The summed E-state index contributed by atoms with van der Waals surface area (Å²) in [6, 6.07) is 4.57. The standard InChI is InChI=1S/C44H77N3O4/c1-3-5-7-9-11-13-15-17-19-21-23-25-27-29-31-33-37-50-43-44(46-42-39-40(47(48)49)35-36-41(42)45-43)51-38-34-32-30-28-26-24-22-20-18-16-14-12-10-8-6-4-2/h35-36,39H,3-34,37-38H2,1-2H3. The molecule has 292 valence electrons. The number of fused-ring (bicyclic) bond motifs is 1. The van der Waals surface area contributed by atoms with Gasteiger partial charge in [-0.3, -0.25) is 10.1 Å². The van der Waals surface area contributed by atoms with Gasteiger partial charge in [0.2, 0.25) is 0 Å². The van der Waals surface area contributed by atoms with E-state index in [-0.39, 0.29) is 5.69 Å². The Hall–Kier alpha value is -2.44. The second-order valence-corrected chi connectivity index (χ2v) is 15.1. The lowest BCUT2D eigenvalue weighted by Gasteiger charge is -2.12. The van der Waals surface area contributed by atoms with E-state index in [2.05, 4.69) is 23.8 Å². The number of nitro groups is 1. The van der Waals surface area contributed by atoms with Crippen LogP contribution in [0.2, 0.25) is 0 Å². The maximum Gasteiger partial charge on any atom is 0.278 e. The SMILES string of the molecule is CCCCCCCCCCCCCCCCCCOc1nc2ccc([N+](=O)[O-])cc2nc1OCCCCCCCCCCCCCCCCCC. The number of non-ortho nitro benzene ring substituents is 1. The Morgan fingerprint density at radius 2 is 0.745 bits per heavy atom. The van der Waals surface area contributed by atoms with Gasteiger partial charge in [-0.15, -0.1) is 0 Å². The summed E-state index contributed by atoms with van der Waals surface area (Å²) >= 11 is 0. The zero-order valence-corrected chi connectivity index (χ0v) is 33.2. The molecule has 0 atom stereocenters. The van der Waals surface area contributed by atoms with E-state index in [9.17, 15) is 10.1 Å². The summed E-state index contributed by atoms with van der Waals surface area (Å²) in [5, 5.41) is 11.3. The van der Waals surface area contributed by atoms with Crippen molar-refractivity contribution in [2.24, 2.45) is 0 Å². The van der Waals surface area contributed by atoms with Crippen LogP contribution in [0, 0.1) is 10.1 Å². The van der Waals surface area contributed by atoms with Gasteiger partial charge in [0, 0.05) is 12.1 Å². The van der Waals surface area contributed by atoms with Crippen molar-refractivity contribution in [3.8, 4) is 11.8 Å². The first kappa shape index (κ1) is 44.7. The maximum atomic E-state index is 11.3. The third kappa shape index (κ3) is 23.7. The van der Waals surface area contributed by atoms with Crippen LogP contribution in [-0.2, 0) is 0 Å². The average Bonchev–Trinajstić information content (AvgIpc) is 3.13. The molecule has 1 heterocycles. The van der Waals surface area contributed by atoms with Crippen LogP contribution in [0.1, 0.15) is 219 Å². The van der Waals surface area contributed by atoms with Gasteiger partial charge < -0.3 is 9.47 Å². The summed E-state index contributed by atoms with van der Waals surface area (Å²) in [6.45, 7) is 5.68. The second kappa shape index (κ2) is 32.2. The minimum absolute atomic E-state index is 0.00221. The molecule has 0 aliphatic rings. The number of unbranched alkanes of at least 4 members (excludes halogenated alkanes) is 30. The first-order valence-corrected chi connectivity index (χ1v) is 21.9. The van der Waals surface area contributed by atoms with Crippen molar-refractivity contribution in [3.05, 3.63) is 28.3 Å². The van der Waals surface area contributed by atoms with Gasteiger partial charge in [-0.2, -0.15) is 0 Å². The van der Waals surface area contributed by atoms with E-state index < -0.39 is 4.92 Å². The minimum Gasteiger partial charge on any atom is -0.474 e. The van der Waals surface area contributed by atoms with Crippen molar-refractivity contribution in [1.82, 2.24) is 9.97 Å². The van der Waals surface area contributed by atoms with E-state index in [0.717, 1.165) is 25.7 Å². The van der Waals surface area contributed by atoms with E-state index in [4.69, 9.17) is 9.47 Å². The average molecular weight is 712 g/mol. The summed E-state index contributed by atoms with van der Waals surface area (Å²) < 4.78 is 12.2. The molecule has 1 aromatic heterocycles. The van der Waals surface area contributed by atoms with Crippen LogP contribution in [0.25, 0.3) is 11.0 Å². The molecule has 0 radical (unpaired) electrons. The Kier molecular flexibility index (Phi) is 28.3. The molecule has 7 heteroatoms. The van der Waals surface area contributed by atoms with Crippen LogP contribution in [0.5, 0.6) is 11.8 Å². The highest BCUT2D eigenvalue weighted by molar-refractivity contribution is 5.78. The summed E-state index contributed by atoms with van der Waals surface area (Å²) in [5.41, 5.74) is 1.04. The zero-order chi connectivity index (χ0) is 36.5. The van der Waals surface area contributed by atoms with E-state index >= 15 is 0 Å². The number of benzene rings is 1. The highest BCUT2D eigenvalue weighted by Gasteiger charge is 2.15. The minimum atomic E-state index is -0.403. The van der Waals surface area contributed by atoms with Crippen molar-refractivity contribution >= 4 is 16.7 Å². The van der Waals surface area contributed by atoms with E-state index in [1.54, 1.807) is 6.07 Å². The summed E-state index contributed by atoms with van der Waals surface area (Å²) in [6.07, 6.45) is 42.6. The van der Waals surface area contributed by atoms with Gasteiger partial charge >= 0.3 is 0 Å². The fraction of sp³-hybridized carbons (Fsp3) is 0.818. The van der Waals surface area contributed by atoms with Gasteiger partial charge in [0.25, 0.3) is 17.4 Å². The number of nitrogens with zero attached hydrogens (tertiary/aromatic N) is 3. The fourth-order valence-electron chi connectivity index (χ4n) is 6.95. The Morgan fingerprint density at radius 3 is 1.06 bits per heavy atom. The summed E-state index contributed by atoms with van der Waals surface area (Å²) in [4.78, 5) is 20.2. The molecule has 0 unspecified atom stereocenters. The topological polar surface area (TPSA) is 87.4 Å². The lowest BCUT2D eigenvalue weighted by molar-refractivity contribution is -0.384. The molecule has 7 nitrogen and oxygen atoms in total. The Bertz CT molecular complexity index is 1110. The van der Waals surface area contributed by atoms with Crippen LogP contribution >= 0.6 is 0 Å². The molecule has 0 spiro atoms. The first-order valence-electron chi connectivity index (χ1n) is 21.9. The molecule has 2 rings (SSSR count). The van der Waals surface area contributed by atoms with E-state index in [0.29, 0.717) is 36.0 Å². The third-order valence-electron chi connectivity index (χ3n) is 10.3. The Labute approximate surface area is 313 Å². The molecule has 0 aliphatic carbocycles. The number of rotatable bonds is 37. The number of hydrogen-bond acceptors (Lipinski definition) is 6. The summed E-state index contributed by atoms with van der Waals surface area (Å²) in [5.74, 6) is 0.745. The van der Waals surface area contributed by atoms with Gasteiger partial charge in [-0.05, 0) is 18.9 Å². The lowest BCUT2D eigenvalue weighted by Crippen LogP contribution is -2.06. The van der Waals surface area contributed by atoms with E-state index in [1.807, 2.05) is 0 Å². The predicted octanol–water partition coefficient (Wildman–Crippen LogP) is 14.8. The molecular formula is C44H77N3O4. The van der Waals surface area contributed by atoms with E-state index in [1.165, 1.54) is 192 Å². The van der Waals surface area contributed by atoms with Gasteiger partial charge in [0.05, 0.1) is 29.2 Å². The van der Waals surface area contributed by atoms with Gasteiger partial charge in [-0.1, -0.05) is 206 Å². The van der Waals surface area contributed by atoms with Crippen LogP contribution in [0.3, 0.4) is 0 Å². The smallest absolute Gasteiger partial charge is 0.278 e.